The number of likely N-dealkylation sites (tertiary alicyclic amines) is 1. The smallest absolute Gasteiger partial charge is 0.321 e. The molecule has 1 aliphatic rings. The molecule has 7 heteroatoms. The van der Waals surface area contributed by atoms with Crippen LogP contribution in [0.4, 0.5) is 10.5 Å². The number of carbonyl (C=O) groups is 2. The fraction of sp³-hybridized carbons (Fsp3) is 0.333. The van der Waals surface area contributed by atoms with Gasteiger partial charge in [-0.05, 0) is 38.0 Å². The molecule has 3 rings (SSSR count). The second-order valence-electron chi connectivity index (χ2n) is 6.19. The number of aromatic nitrogens is 2. The average Bonchev–Trinajstić information content (AvgIpc) is 2.62. The maximum atomic E-state index is 12.5. The van der Waals surface area contributed by atoms with Crippen molar-refractivity contribution in [1.82, 2.24) is 14.9 Å². The molecule has 25 heavy (non-hydrogen) atoms. The summed E-state index contributed by atoms with van der Waals surface area (Å²) in [5, 5.41) is 2.89. The fourth-order valence-electron chi connectivity index (χ4n) is 2.97. The van der Waals surface area contributed by atoms with E-state index in [2.05, 4.69) is 15.3 Å². The summed E-state index contributed by atoms with van der Waals surface area (Å²) in [7, 11) is 0. The van der Waals surface area contributed by atoms with E-state index >= 15 is 0 Å². The Balaban J connectivity index is 1.71. The van der Waals surface area contributed by atoms with Crippen molar-refractivity contribution in [3.63, 3.8) is 0 Å². The van der Waals surface area contributed by atoms with Gasteiger partial charge in [-0.1, -0.05) is 12.1 Å². The molecule has 7 nitrogen and oxygen atoms in total. The molecule has 0 spiro atoms. The Morgan fingerprint density at radius 2 is 2.16 bits per heavy atom. The molecular weight excluding hydrogens is 318 g/mol. The van der Waals surface area contributed by atoms with E-state index in [9.17, 15) is 9.59 Å². The van der Waals surface area contributed by atoms with Crippen LogP contribution in [0.5, 0.6) is 0 Å². The monoisotopic (exact) mass is 339 g/mol. The molecule has 1 aromatic heterocycles. The molecule has 3 amide bonds. The minimum atomic E-state index is -0.348. The molecule has 3 N–H and O–H groups in total. The Bertz CT molecular complexity index is 793. The van der Waals surface area contributed by atoms with E-state index in [-0.39, 0.29) is 17.9 Å². The molecule has 0 bridgehead atoms. The van der Waals surface area contributed by atoms with Crippen LogP contribution in [0.2, 0.25) is 0 Å². The number of urea groups is 1. The van der Waals surface area contributed by atoms with E-state index in [4.69, 9.17) is 5.73 Å². The van der Waals surface area contributed by atoms with Crippen molar-refractivity contribution >= 4 is 17.6 Å². The number of hydrogen-bond donors (Lipinski definition) is 2. The normalized spacial score (nSPS) is 17.2. The van der Waals surface area contributed by atoms with Crippen LogP contribution < -0.4 is 11.1 Å². The maximum absolute atomic E-state index is 12.5. The third kappa shape index (κ3) is 4.12. The molecule has 0 radical (unpaired) electrons. The van der Waals surface area contributed by atoms with E-state index in [1.54, 1.807) is 11.1 Å². The van der Waals surface area contributed by atoms with Crippen LogP contribution in [-0.4, -0.2) is 39.9 Å². The van der Waals surface area contributed by atoms with Crippen molar-refractivity contribution < 1.29 is 9.59 Å². The minimum absolute atomic E-state index is 0.220. The van der Waals surface area contributed by atoms with Gasteiger partial charge in [0.25, 0.3) is 0 Å². The topological polar surface area (TPSA) is 101 Å². The van der Waals surface area contributed by atoms with Crippen LogP contribution in [0.1, 0.15) is 18.7 Å². The van der Waals surface area contributed by atoms with Gasteiger partial charge in [-0.3, -0.25) is 4.79 Å². The Labute approximate surface area is 146 Å². The molecule has 0 saturated carbocycles. The number of hydrogen-bond acceptors (Lipinski definition) is 4. The van der Waals surface area contributed by atoms with Crippen LogP contribution in [0.15, 0.2) is 36.5 Å². The van der Waals surface area contributed by atoms with Crippen LogP contribution >= 0.6 is 0 Å². The first-order valence-corrected chi connectivity index (χ1v) is 8.28. The fourth-order valence-corrected chi connectivity index (χ4v) is 2.97. The Morgan fingerprint density at radius 3 is 2.92 bits per heavy atom. The Morgan fingerprint density at radius 1 is 1.32 bits per heavy atom. The number of nitrogens with one attached hydrogen (secondary N) is 1. The standard InChI is InChI=1S/C18H21N5O2/c1-12-20-8-7-16(21-12)13-4-2-6-15(10-13)22-18(25)23-9-3-5-14(11-23)17(19)24/h2,4,6-8,10,14H,3,5,9,11H2,1H3,(H2,19,24)(H,22,25). The van der Waals surface area contributed by atoms with Gasteiger partial charge in [0.15, 0.2) is 0 Å². The van der Waals surface area contributed by atoms with E-state index in [1.807, 2.05) is 37.3 Å². The highest BCUT2D eigenvalue weighted by atomic mass is 16.2. The van der Waals surface area contributed by atoms with Crippen molar-refractivity contribution in [2.45, 2.75) is 19.8 Å². The number of rotatable bonds is 3. The van der Waals surface area contributed by atoms with Crippen LogP contribution in [0.3, 0.4) is 0 Å². The summed E-state index contributed by atoms with van der Waals surface area (Å²) in [6.07, 6.45) is 3.23. The first kappa shape index (κ1) is 16.9. The quantitative estimate of drug-likeness (QED) is 0.895. The van der Waals surface area contributed by atoms with E-state index < -0.39 is 0 Å². The second-order valence-corrected chi connectivity index (χ2v) is 6.19. The van der Waals surface area contributed by atoms with Gasteiger partial charge in [-0.15, -0.1) is 0 Å². The van der Waals surface area contributed by atoms with E-state index in [1.165, 1.54) is 0 Å². The van der Waals surface area contributed by atoms with Gasteiger partial charge in [0.05, 0.1) is 11.6 Å². The first-order chi connectivity index (χ1) is 12.0. The number of amides is 3. The Hall–Kier alpha value is -2.96. The van der Waals surface area contributed by atoms with Crippen LogP contribution in [-0.2, 0) is 4.79 Å². The molecular formula is C18H21N5O2. The van der Waals surface area contributed by atoms with Crippen LogP contribution in [0.25, 0.3) is 11.3 Å². The maximum Gasteiger partial charge on any atom is 0.321 e. The zero-order chi connectivity index (χ0) is 17.8. The lowest BCUT2D eigenvalue weighted by Crippen LogP contribution is -2.45. The minimum Gasteiger partial charge on any atom is -0.369 e. The third-order valence-electron chi connectivity index (χ3n) is 4.30. The summed E-state index contributed by atoms with van der Waals surface area (Å²) in [6, 6.07) is 9.10. The summed E-state index contributed by atoms with van der Waals surface area (Å²) in [5.41, 5.74) is 7.75. The molecule has 1 unspecified atom stereocenters. The largest absolute Gasteiger partial charge is 0.369 e. The van der Waals surface area contributed by atoms with Crippen molar-refractivity contribution in [2.24, 2.45) is 11.7 Å². The number of nitrogens with two attached hydrogens (primary N) is 1. The lowest BCUT2D eigenvalue weighted by Gasteiger charge is -2.31. The van der Waals surface area contributed by atoms with Gasteiger partial charge in [0.1, 0.15) is 5.82 Å². The summed E-state index contributed by atoms with van der Waals surface area (Å²) < 4.78 is 0. The third-order valence-corrected chi connectivity index (χ3v) is 4.30. The van der Waals surface area contributed by atoms with Crippen molar-refractivity contribution in [3.05, 3.63) is 42.4 Å². The van der Waals surface area contributed by atoms with Crippen molar-refractivity contribution in [3.8, 4) is 11.3 Å². The molecule has 1 atom stereocenters. The van der Waals surface area contributed by atoms with Gasteiger partial charge in [0, 0.05) is 30.5 Å². The summed E-state index contributed by atoms with van der Waals surface area (Å²) >= 11 is 0. The predicted molar refractivity (Wildman–Crippen MR) is 94.7 cm³/mol. The van der Waals surface area contributed by atoms with Gasteiger partial charge in [-0.25, -0.2) is 14.8 Å². The SMILES string of the molecule is Cc1nccc(-c2cccc(NC(=O)N3CCCC(C(N)=O)C3)c2)n1. The second kappa shape index (κ2) is 7.29. The molecule has 2 aromatic rings. The van der Waals surface area contributed by atoms with Gasteiger partial charge >= 0.3 is 6.03 Å². The summed E-state index contributed by atoms with van der Waals surface area (Å²) in [5.74, 6) is 0.0752. The number of carbonyl (C=O) groups excluding carboxylic acids is 2. The van der Waals surface area contributed by atoms with Crippen LogP contribution in [0, 0.1) is 12.8 Å². The number of benzene rings is 1. The summed E-state index contributed by atoms with van der Waals surface area (Å²) in [4.78, 5) is 34.0. The van der Waals surface area contributed by atoms with E-state index in [0.717, 1.165) is 24.1 Å². The molecule has 130 valence electrons. The lowest BCUT2D eigenvalue weighted by molar-refractivity contribution is -0.123. The van der Waals surface area contributed by atoms with Crippen molar-refractivity contribution in [2.75, 3.05) is 18.4 Å². The highest BCUT2D eigenvalue weighted by molar-refractivity contribution is 5.90. The zero-order valence-corrected chi connectivity index (χ0v) is 14.1. The molecule has 2 heterocycles. The number of anilines is 1. The molecule has 1 aromatic carbocycles. The predicted octanol–water partition coefficient (Wildman–Crippen LogP) is 2.18. The lowest BCUT2D eigenvalue weighted by atomic mass is 9.98. The number of aryl methyl sites for hydroxylation is 1. The molecule has 1 saturated heterocycles. The first-order valence-electron chi connectivity index (χ1n) is 8.28. The Kier molecular flexibility index (Phi) is 4.92. The summed E-state index contributed by atoms with van der Waals surface area (Å²) in [6.45, 7) is 2.83. The number of piperidine rings is 1. The zero-order valence-electron chi connectivity index (χ0n) is 14.1. The van der Waals surface area contributed by atoms with Crippen molar-refractivity contribution in [1.29, 1.82) is 0 Å². The number of nitrogens with zero attached hydrogens (tertiary/aromatic N) is 3. The molecule has 1 fully saturated rings. The van der Waals surface area contributed by atoms with Gasteiger partial charge in [0.2, 0.25) is 5.91 Å². The van der Waals surface area contributed by atoms with E-state index in [0.29, 0.717) is 24.6 Å². The number of primary amides is 1. The highest BCUT2D eigenvalue weighted by Gasteiger charge is 2.26. The highest BCUT2D eigenvalue weighted by Crippen LogP contribution is 2.22. The van der Waals surface area contributed by atoms with Gasteiger partial charge < -0.3 is 16.0 Å². The average molecular weight is 339 g/mol. The molecule has 0 aliphatic carbocycles. The molecule has 1 aliphatic heterocycles. The van der Waals surface area contributed by atoms with Gasteiger partial charge in [-0.2, -0.15) is 0 Å².